The van der Waals surface area contributed by atoms with Gasteiger partial charge in [-0.25, -0.2) is 0 Å². The molecule has 0 fully saturated rings. The summed E-state index contributed by atoms with van der Waals surface area (Å²) in [4.78, 5) is 0. The zero-order valence-corrected chi connectivity index (χ0v) is 14.4. The first-order valence-electron chi connectivity index (χ1n) is 7.62. The van der Waals surface area contributed by atoms with E-state index in [0.29, 0.717) is 6.42 Å². The van der Waals surface area contributed by atoms with Crippen LogP contribution in [-0.2, 0) is 13.3 Å². The van der Waals surface area contributed by atoms with Crippen LogP contribution in [0.15, 0.2) is 0 Å². The average Bonchev–Trinajstić information content (AvgIpc) is 2.38. The fourth-order valence-corrected chi connectivity index (χ4v) is 4.14. The molecule has 3 nitrogen and oxygen atoms in total. The molecular formula is C13H24F6O3Si. The summed E-state index contributed by atoms with van der Waals surface area (Å²) >= 11 is 0. The van der Waals surface area contributed by atoms with Crippen molar-refractivity contribution in [2.75, 3.05) is 7.11 Å². The molecule has 0 heterocycles. The van der Waals surface area contributed by atoms with Crippen molar-refractivity contribution in [3.63, 3.8) is 0 Å². The van der Waals surface area contributed by atoms with Crippen molar-refractivity contribution in [1.82, 2.24) is 0 Å². The Kier molecular flexibility index (Phi) is 10.4. The molecule has 0 aromatic heterocycles. The molecule has 0 saturated carbocycles. The Balaban J connectivity index is 4.36. The van der Waals surface area contributed by atoms with Gasteiger partial charge in [-0.2, -0.15) is 0 Å². The van der Waals surface area contributed by atoms with Crippen molar-refractivity contribution in [2.45, 2.75) is 77.1 Å². The van der Waals surface area contributed by atoms with Gasteiger partial charge in [0.05, 0.1) is 0 Å². The minimum Gasteiger partial charge on any atom is -0.377 e. The second-order valence-electron chi connectivity index (χ2n) is 5.21. The number of rotatable bonds is 12. The van der Waals surface area contributed by atoms with Gasteiger partial charge >= 0.3 is 21.5 Å². The van der Waals surface area contributed by atoms with E-state index in [1.54, 1.807) is 0 Å². The standard InChI is InChI=1S/C13H24F6O3Si/c1-3-4-5-6-7-8-9-10-11-23(20-2,21-12(14,15)16)22-13(17,18)19/h3-11H2,1-2H3. The molecule has 0 radical (unpaired) electrons. The minimum atomic E-state index is -5.24. The summed E-state index contributed by atoms with van der Waals surface area (Å²) < 4.78 is 85.7. The molecule has 0 aliphatic rings. The molecule has 0 N–H and O–H groups in total. The Bertz CT molecular complexity index is 293. The maximum absolute atomic E-state index is 12.3. The molecule has 0 bridgehead atoms. The Morgan fingerprint density at radius 2 is 1.09 bits per heavy atom. The Morgan fingerprint density at radius 3 is 1.43 bits per heavy atom. The van der Waals surface area contributed by atoms with Crippen LogP contribution in [0.3, 0.4) is 0 Å². The summed E-state index contributed by atoms with van der Waals surface area (Å²) in [7, 11) is -4.13. The maximum atomic E-state index is 12.3. The number of halogens is 6. The highest BCUT2D eigenvalue weighted by Gasteiger charge is 2.55. The topological polar surface area (TPSA) is 27.7 Å². The molecule has 0 aliphatic carbocycles. The lowest BCUT2D eigenvalue weighted by molar-refractivity contribution is -0.334. The van der Waals surface area contributed by atoms with Gasteiger partial charge in [-0.05, 0) is 6.42 Å². The van der Waals surface area contributed by atoms with Crippen molar-refractivity contribution in [3.8, 4) is 0 Å². The number of unbranched alkanes of at least 4 members (excludes halogenated alkanes) is 7. The van der Waals surface area contributed by atoms with Crippen molar-refractivity contribution in [3.05, 3.63) is 0 Å². The van der Waals surface area contributed by atoms with Crippen LogP contribution in [-0.4, -0.2) is 28.6 Å². The number of alkyl halides is 6. The smallest absolute Gasteiger partial charge is 0.377 e. The van der Waals surface area contributed by atoms with Gasteiger partial charge in [0.1, 0.15) is 0 Å². The summed E-state index contributed by atoms with van der Waals surface area (Å²) in [5.41, 5.74) is 0. The minimum absolute atomic E-state index is 0.125. The molecule has 0 amide bonds. The van der Waals surface area contributed by atoms with Crippen LogP contribution in [0.2, 0.25) is 6.04 Å². The van der Waals surface area contributed by atoms with Gasteiger partial charge in [-0.1, -0.05) is 51.9 Å². The van der Waals surface area contributed by atoms with Crippen LogP contribution in [0.4, 0.5) is 26.3 Å². The molecule has 10 heteroatoms. The Hall–Kier alpha value is -0.323. The molecule has 0 unspecified atom stereocenters. The van der Waals surface area contributed by atoms with E-state index in [1.807, 2.05) is 0 Å². The number of hydrogen-bond donors (Lipinski definition) is 0. The van der Waals surface area contributed by atoms with E-state index in [-0.39, 0.29) is 6.42 Å². The van der Waals surface area contributed by atoms with Gasteiger partial charge in [-0.3, -0.25) is 8.85 Å². The molecule has 23 heavy (non-hydrogen) atoms. The van der Waals surface area contributed by atoms with Crippen LogP contribution >= 0.6 is 0 Å². The second-order valence-corrected chi connectivity index (χ2v) is 7.89. The summed E-state index contributed by atoms with van der Waals surface area (Å²) in [6, 6.07) is -0.530. The van der Waals surface area contributed by atoms with Crippen molar-refractivity contribution in [1.29, 1.82) is 0 Å². The lowest BCUT2D eigenvalue weighted by Crippen LogP contribution is -2.51. The summed E-state index contributed by atoms with van der Waals surface area (Å²) in [6.45, 7) is 2.08. The highest BCUT2D eigenvalue weighted by molar-refractivity contribution is 6.60. The van der Waals surface area contributed by atoms with Gasteiger partial charge in [0.2, 0.25) is 0 Å². The fraction of sp³-hybridized carbons (Fsp3) is 1.00. The quantitative estimate of drug-likeness (QED) is 0.247. The lowest BCUT2D eigenvalue weighted by Gasteiger charge is -2.29. The Morgan fingerprint density at radius 1 is 0.696 bits per heavy atom. The molecule has 0 rings (SSSR count). The highest BCUT2D eigenvalue weighted by atomic mass is 28.4. The van der Waals surface area contributed by atoms with Gasteiger partial charge in [0.15, 0.2) is 0 Å². The van der Waals surface area contributed by atoms with Crippen LogP contribution in [0, 0.1) is 0 Å². The van der Waals surface area contributed by atoms with Crippen molar-refractivity contribution >= 4 is 8.80 Å². The van der Waals surface area contributed by atoms with E-state index < -0.39 is 27.6 Å². The summed E-state index contributed by atoms with van der Waals surface area (Å²) in [5, 5.41) is 0. The lowest BCUT2D eigenvalue weighted by atomic mass is 10.1. The third-order valence-electron chi connectivity index (χ3n) is 3.19. The molecule has 0 spiro atoms. The van der Waals surface area contributed by atoms with Crippen LogP contribution in [0.25, 0.3) is 0 Å². The molecule has 0 saturated heterocycles. The van der Waals surface area contributed by atoms with Gasteiger partial charge < -0.3 is 4.43 Å². The van der Waals surface area contributed by atoms with E-state index >= 15 is 0 Å². The van der Waals surface area contributed by atoms with Gasteiger partial charge in [0.25, 0.3) is 0 Å². The largest absolute Gasteiger partial charge is 0.516 e. The molecule has 0 aliphatic heterocycles. The average molecular weight is 370 g/mol. The summed E-state index contributed by atoms with van der Waals surface area (Å²) in [6.07, 6.45) is -3.88. The zero-order valence-electron chi connectivity index (χ0n) is 13.4. The normalized spacial score (nSPS) is 13.6. The first-order chi connectivity index (χ1) is 10.5. The fourth-order valence-electron chi connectivity index (χ4n) is 2.14. The van der Waals surface area contributed by atoms with Gasteiger partial charge in [0, 0.05) is 13.2 Å². The SMILES string of the molecule is CCCCCCCCCC[Si](OC)(OC(F)(F)F)OC(F)(F)F. The molecule has 140 valence electrons. The molecule has 0 aromatic carbocycles. The predicted molar refractivity (Wildman–Crippen MR) is 74.5 cm³/mol. The van der Waals surface area contributed by atoms with E-state index in [2.05, 4.69) is 20.2 Å². The van der Waals surface area contributed by atoms with Crippen LogP contribution in [0.1, 0.15) is 58.3 Å². The highest BCUT2D eigenvalue weighted by Crippen LogP contribution is 2.33. The monoisotopic (exact) mass is 370 g/mol. The zero-order chi connectivity index (χ0) is 18.0. The first kappa shape index (κ1) is 22.7. The second kappa shape index (κ2) is 10.5. The molecular weight excluding hydrogens is 346 g/mol. The predicted octanol–water partition coefficient (Wildman–Crippen LogP) is 5.79. The first-order valence-corrected chi connectivity index (χ1v) is 9.56. The Labute approximate surface area is 133 Å². The molecule has 0 aromatic rings. The maximum Gasteiger partial charge on any atom is 0.516 e. The van der Waals surface area contributed by atoms with Crippen LogP contribution < -0.4 is 0 Å². The number of hydrogen-bond acceptors (Lipinski definition) is 3. The van der Waals surface area contributed by atoms with E-state index in [1.165, 1.54) is 0 Å². The third kappa shape index (κ3) is 12.7. The van der Waals surface area contributed by atoms with E-state index in [0.717, 1.165) is 45.6 Å². The summed E-state index contributed by atoms with van der Waals surface area (Å²) in [5.74, 6) is 0. The van der Waals surface area contributed by atoms with E-state index in [9.17, 15) is 26.3 Å². The molecule has 0 atom stereocenters. The van der Waals surface area contributed by atoms with E-state index in [4.69, 9.17) is 0 Å². The van der Waals surface area contributed by atoms with Crippen LogP contribution in [0.5, 0.6) is 0 Å². The van der Waals surface area contributed by atoms with Crippen molar-refractivity contribution in [2.24, 2.45) is 0 Å². The third-order valence-corrected chi connectivity index (χ3v) is 5.86. The van der Waals surface area contributed by atoms with Gasteiger partial charge in [-0.15, -0.1) is 26.3 Å². The van der Waals surface area contributed by atoms with Crippen molar-refractivity contribution < 1.29 is 39.6 Å².